The molecule has 2 saturated heterocycles. The molecule has 1 aromatic heterocycles. The lowest BCUT2D eigenvalue weighted by atomic mass is 9.75. The second-order valence-electron chi connectivity index (χ2n) is 10.9. The summed E-state index contributed by atoms with van der Waals surface area (Å²) < 4.78 is 112. The van der Waals surface area contributed by atoms with Crippen LogP contribution < -0.4 is 5.73 Å². The Morgan fingerprint density at radius 2 is 1.62 bits per heavy atom. The quantitative estimate of drug-likeness (QED) is 0.433. The molecule has 0 amide bonds. The Hall–Kier alpha value is -1.86. The van der Waals surface area contributed by atoms with Gasteiger partial charge in [-0.1, -0.05) is 32.1 Å². The summed E-state index contributed by atoms with van der Waals surface area (Å²) in [6.07, 6.45) is 2.45. The van der Waals surface area contributed by atoms with Gasteiger partial charge in [0.15, 0.2) is 24.7 Å². The maximum atomic E-state index is 13.5. The number of hydrogen-bond acceptors (Lipinski definition) is 9. The second-order valence-corrected chi connectivity index (χ2v) is 17.1. The van der Waals surface area contributed by atoms with Crippen molar-refractivity contribution in [3.05, 3.63) is 23.9 Å². The third-order valence-electron chi connectivity index (χ3n) is 7.86. The van der Waals surface area contributed by atoms with Gasteiger partial charge in [-0.2, -0.15) is 30.2 Å². The molecule has 4 rings (SSSR count). The van der Waals surface area contributed by atoms with Gasteiger partial charge >= 0.3 is 12.1 Å². The summed E-state index contributed by atoms with van der Waals surface area (Å²) in [5.74, 6) is -3.24. The highest BCUT2D eigenvalue weighted by Crippen LogP contribution is 2.38. The Morgan fingerprint density at radius 1 is 1.02 bits per heavy atom. The van der Waals surface area contributed by atoms with Gasteiger partial charge in [0.25, 0.3) is 10.2 Å². The minimum absolute atomic E-state index is 0.0316. The fourth-order valence-electron chi connectivity index (χ4n) is 5.69. The minimum Gasteiger partial charge on any atom is -0.475 e. The number of alkyl halides is 3. The highest BCUT2D eigenvalue weighted by Gasteiger charge is 2.42. The normalized spacial score (nSPS) is 24.9. The van der Waals surface area contributed by atoms with Crippen LogP contribution in [0.5, 0.6) is 0 Å². The van der Waals surface area contributed by atoms with Crippen LogP contribution in [0.4, 0.5) is 13.2 Å². The first-order valence-electron chi connectivity index (χ1n) is 13.6. The highest BCUT2D eigenvalue weighted by molar-refractivity contribution is 7.92. The topological polar surface area (TPSA) is 185 Å². The Bertz CT molecular complexity index is 1400. The van der Waals surface area contributed by atoms with Crippen LogP contribution in [0.15, 0.2) is 23.4 Å². The SMILES string of the molecule is NCc1ccnc(S(=O)(=O)C[C@H]2C[C@@H](C3CCCCC3)CN(S(=O)(=O)N3CCS(=O)(=O)CC3)C2)c1.O=C(O)C(F)(F)F. The summed E-state index contributed by atoms with van der Waals surface area (Å²) in [5.41, 5.74) is 6.34. The molecule has 2 aliphatic heterocycles. The van der Waals surface area contributed by atoms with Crippen LogP contribution in [-0.2, 0) is 41.2 Å². The van der Waals surface area contributed by atoms with Gasteiger partial charge < -0.3 is 10.8 Å². The average molecular weight is 663 g/mol. The van der Waals surface area contributed by atoms with Crippen molar-refractivity contribution in [2.45, 2.75) is 56.3 Å². The van der Waals surface area contributed by atoms with E-state index in [-0.39, 0.29) is 60.3 Å². The average Bonchev–Trinajstić information content (AvgIpc) is 2.92. The summed E-state index contributed by atoms with van der Waals surface area (Å²) in [4.78, 5) is 12.9. The Labute approximate surface area is 244 Å². The maximum absolute atomic E-state index is 13.5. The summed E-state index contributed by atoms with van der Waals surface area (Å²) >= 11 is 0. The number of sulfone groups is 2. The third kappa shape index (κ3) is 9.32. The van der Waals surface area contributed by atoms with E-state index in [9.17, 15) is 38.4 Å². The van der Waals surface area contributed by atoms with E-state index < -0.39 is 42.0 Å². The van der Waals surface area contributed by atoms with Crippen LogP contribution >= 0.6 is 0 Å². The molecule has 0 aromatic carbocycles. The number of nitrogens with zero attached hydrogens (tertiary/aromatic N) is 3. The number of piperidine rings is 1. The van der Waals surface area contributed by atoms with E-state index in [1.165, 1.54) is 27.3 Å². The van der Waals surface area contributed by atoms with Crippen molar-refractivity contribution in [3.8, 4) is 0 Å². The molecule has 0 spiro atoms. The van der Waals surface area contributed by atoms with Gasteiger partial charge in [-0.05, 0) is 41.9 Å². The fraction of sp³-hybridized carbons (Fsp3) is 0.750. The summed E-state index contributed by atoms with van der Waals surface area (Å²) in [6.45, 7) is 0.538. The van der Waals surface area contributed by atoms with Crippen molar-refractivity contribution in [1.29, 1.82) is 0 Å². The fourth-order valence-corrected chi connectivity index (χ4v) is 10.5. The van der Waals surface area contributed by atoms with Gasteiger partial charge in [0, 0.05) is 38.9 Å². The standard InChI is InChI=1S/C22H36N4O6S3.C2HF3O2/c23-14-18-6-7-24-22(13-18)34(29,30)17-19-12-21(20-4-2-1-3-5-20)16-26(15-19)35(31,32)25-8-10-33(27,28)11-9-25;3-2(4,5)1(6)7/h6-7,13,19-21H,1-5,8-12,14-17,23H2;(H,6,7)/t19-,21+;/m0./s1. The molecular formula is C24H37F3N4O8S3. The van der Waals surface area contributed by atoms with Crippen LogP contribution in [-0.4, -0.2) is 99.5 Å². The van der Waals surface area contributed by atoms with Crippen molar-refractivity contribution >= 4 is 35.9 Å². The number of nitrogens with two attached hydrogens (primary N) is 1. The zero-order valence-electron chi connectivity index (χ0n) is 22.9. The molecule has 3 N–H and O–H groups in total. The van der Waals surface area contributed by atoms with E-state index in [0.29, 0.717) is 24.4 Å². The molecule has 12 nitrogen and oxygen atoms in total. The van der Waals surface area contributed by atoms with Crippen LogP contribution in [0, 0.1) is 17.8 Å². The number of aliphatic carboxylic acids is 1. The molecule has 2 atom stereocenters. The van der Waals surface area contributed by atoms with Crippen LogP contribution in [0.25, 0.3) is 0 Å². The van der Waals surface area contributed by atoms with Crippen molar-refractivity contribution in [2.75, 3.05) is 43.4 Å². The molecule has 0 radical (unpaired) electrons. The Balaban J connectivity index is 0.000000616. The number of pyridine rings is 1. The first kappa shape index (κ1) is 34.6. The molecule has 1 aliphatic carbocycles. The second kappa shape index (κ2) is 13.8. The minimum atomic E-state index is -5.08. The first-order valence-corrected chi connectivity index (χ1v) is 18.4. The number of rotatable bonds is 7. The molecule has 1 aromatic rings. The van der Waals surface area contributed by atoms with E-state index in [1.807, 2.05) is 0 Å². The molecule has 240 valence electrons. The van der Waals surface area contributed by atoms with Gasteiger partial charge in [-0.3, -0.25) is 0 Å². The van der Waals surface area contributed by atoms with E-state index in [1.54, 1.807) is 6.07 Å². The number of aromatic nitrogens is 1. The van der Waals surface area contributed by atoms with E-state index in [4.69, 9.17) is 15.6 Å². The molecule has 3 fully saturated rings. The number of carboxylic acids is 1. The number of halogens is 3. The summed E-state index contributed by atoms with van der Waals surface area (Å²) in [5, 5.41) is 7.09. The van der Waals surface area contributed by atoms with Gasteiger partial charge in [0.1, 0.15) is 0 Å². The number of carboxylic acid groups (broad SMARTS) is 1. The van der Waals surface area contributed by atoms with Gasteiger partial charge in [0.05, 0.1) is 17.3 Å². The van der Waals surface area contributed by atoms with Crippen molar-refractivity contribution in [2.24, 2.45) is 23.5 Å². The van der Waals surface area contributed by atoms with Crippen molar-refractivity contribution < 1.29 is 48.3 Å². The molecular weight excluding hydrogens is 625 g/mol. The Morgan fingerprint density at radius 3 is 2.17 bits per heavy atom. The third-order valence-corrected chi connectivity index (χ3v) is 13.2. The molecule has 3 aliphatic rings. The molecule has 42 heavy (non-hydrogen) atoms. The van der Waals surface area contributed by atoms with E-state index >= 15 is 0 Å². The molecule has 1 saturated carbocycles. The maximum Gasteiger partial charge on any atom is 0.490 e. The first-order chi connectivity index (χ1) is 19.4. The van der Waals surface area contributed by atoms with Gasteiger partial charge in [-0.25, -0.2) is 26.6 Å². The van der Waals surface area contributed by atoms with E-state index in [2.05, 4.69) is 4.98 Å². The summed E-state index contributed by atoms with van der Waals surface area (Å²) in [7, 11) is -10.9. The lowest BCUT2D eigenvalue weighted by Gasteiger charge is -2.43. The van der Waals surface area contributed by atoms with Gasteiger partial charge in [0.2, 0.25) is 0 Å². The largest absolute Gasteiger partial charge is 0.490 e. The van der Waals surface area contributed by atoms with Crippen molar-refractivity contribution in [1.82, 2.24) is 13.6 Å². The summed E-state index contributed by atoms with van der Waals surface area (Å²) in [6, 6.07) is 3.16. The lowest BCUT2D eigenvalue weighted by molar-refractivity contribution is -0.192. The zero-order chi connectivity index (χ0) is 31.3. The zero-order valence-corrected chi connectivity index (χ0v) is 25.4. The van der Waals surface area contributed by atoms with Crippen molar-refractivity contribution in [3.63, 3.8) is 0 Å². The Kier molecular flexibility index (Phi) is 11.4. The van der Waals surface area contributed by atoms with Crippen LogP contribution in [0.3, 0.4) is 0 Å². The molecule has 3 heterocycles. The van der Waals surface area contributed by atoms with Crippen LogP contribution in [0.1, 0.15) is 44.1 Å². The molecule has 18 heteroatoms. The lowest BCUT2D eigenvalue weighted by Crippen LogP contribution is -2.55. The van der Waals surface area contributed by atoms with Gasteiger partial charge in [-0.15, -0.1) is 0 Å². The molecule has 0 bridgehead atoms. The smallest absolute Gasteiger partial charge is 0.475 e. The van der Waals surface area contributed by atoms with Crippen LogP contribution in [0.2, 0.25) is 0 Å². The molecule has 0 unspecified atom stereocenters. The number of hydrogen-bond donors (Lipinski definition) is 2. The predicted octanol–water partition coefficient (Wildman–Crippen LogP) is 1.44. The van der Waals surface area contributed by atoms with E-state index in [0.717, 1.165) is 25.7 Å². The number of carbonyl (C=O) groups is 1. The highest BCUT2D eigenvalue weighted by atomic mass is 32.2. The predicted molar refractivity (Wildman–Crippen MR) is 147 cm³/mol. The monoisotopic (exact) mass is 662 g/mol.